The van der Waals surface area contributed by atoms with E-state index < -0.39 is 5.09 Å². The number of ketones is 2. The first kappa shape index (κ1) is 33.8. The molecule has 2 heterocycles. The van der Waals surface area contributed by atoms with Crippen molar-refractivity contribution in [1.29, 1.82) is 0 Å². The van der Waals surface area contributed by atoms with Crippen molar-refractivity contribution in [2.24, 2.45) is 0 Å². The Balaban J connectivity index is 0. The summed E-state index contributed by atoms with van der Waals surface area (Å²) in [6.07, 6.45) is 3.76. The summed E-state index contributed by atoms with van der Waals surface area (Å²) in [7, 11) is 6.60. The van der Waals surface area contributed by atoms with E-state index in [-0.39, 0.29) is 37.5 Å². The Morgan fingerprint density at radius 1 is 0.824 bits per heavy atom. The Bertz CT molecular complexity index is 738. The molecule has 1 aliphatic rings. The first-order valence-corrected chi connectivity index (χ1v) is 10.7. The summed E-state index contributed by atoms with van der Waals surface area (Å²) < 4.78 is 0. The van der Waals surface area contributed by atoms with Crippen LogP contribution in [0.1, 0.15) is 20.3 Å². The molecule has 1 aliphatic heterocycles. The van der Waals surface area contributed by atoms with Crippen molar-refractivity contribution in [2.75, 3.05) is 60.4 Å². The molecular weight excluding hydrogens is 527 g/mol. The summed E-state index contributed by atoms with van der Waals surface area (Å²) in [6, 6.07) is 10.2. The number of likely N-dealkylation sites (N-methyl/N-ethyl adjacent to an activating group) is 3. The fraction of sp³-hybridized carbons (Fsp3) is 0.522. The Morgan fingerprint density at radius 3 is 1.47 bits per heavy atom. The second-order valence-corrected chi connectivity index (χ2v) is 7.94. The van der Waals surface area contributed by atoms with Crippen LogP contribution in [0.3, 0.4) is 0 Å². The Labute approximate surface area is 214 Å². The number of Topliss-reactive ketones (excluding diaryl/α,β-unsaturated/α-hetero) is 2. The van der Waals surface area contributed by atoms with Crippen LogP contribution in [0.4, 0.5) is 0 Å². The summed E-state index contributed by atoms with van der Waals surface area (Å²) in [5.74, 6) is -0.125. The SMILES string of the molecule is CC(=O)CC(C)=O.CN1CCN(C)CCN(C)CC1.O=[N+]([O-])[O-].[Ru+3].c1ccc2cnccc2c1. The van der Waals surface area contributed by atoms with Crippen LogP contribution in [-0.4, -0.2) is 96.7 Å². The first-order valence-electron chi connectivity index (χ1n) is 10.7. The van der Waals surface area contributed by atoms with Gasteiger partial charge < -0.3 is 30.0 Å². The van der Waals surface area contributed by atoms with Gasteiger partial charge in [0.25, 0.3) is 0 Å². The smallest absolute Gasteiger partial charge is 0.356 e. The van der Waals surface area contributed by atoms with E-state index in [2.05, 4.69) is 53.0 Å². The average Bonchev–Trinajstić information content (AvgIpc) is 2.80. The summed E-state index contributed by atoms with van der Waals surface area (Å²) in [6.45, 7) is 10.0. The molecule has 189 valence electrons. The topological polar surface area (TPSA) is 123 Å². The van der Waals surface area contributed by atoms with Crippen molar-refractivity contribution < 1.29 is 34.2 Å². The van der Waals surface area contributed by atoms with Gasteiger partial charge in [-0.25, -0.2) is 0 Å². The van der Waals surface area contributed by atoms with Crippen LogP contribution >= 0.6 is 0 Å². The molecule has 2 aromatic rings. The van der Waals surface area contributed by atoms with E-state index in [9.17, 15) is 9.59 Å². The summed E-state index contributed by atoms with van der Waals surface area (Å²) in [5, 5.41) is 17.2. The molecule has 1 saturated heterocycles. The fourth-order valence-electron chi connectivity index (χ4n) is 2.74. The third kappa shape index (κ3) is 20.3. The number of carbonyl (C=O) groups excluding carboxylic acids is 2. The minimum atomic E-state index is -1.75. The molecule has 0 unspecified atom stereocenters. The molecule has 1 aromatic heterocycles. The van der Waals surface area contributed by atoms with Crippen molar-refractivity contribution in [3.05, 3.63) is 58.0 Å². The molecule has 0 aliphatic carbocycles. The Kier molecular flexibility index (Phi) is 20.0. The maximum Gasteiger partial charge on any atom is 3.00 e. The zero-order valence-corrected chi connectivity index (χ0v) is 22.4. The van der Waals surface area contributed by atoms with Gasteiger partial charge in [-0.2, -0.15) is 0 Å². The largest absolute Gasteiger partial charge is 3.00 e. The van der Waals surface area contributed by atoms with Gasteiger partial charge in [-0.1, -0.05) is 24.3 Å². The molecule has 11 heteroatoms. The monoisotopic (exact) mass is 564 g/mol. The molecular formula is C23H36N5O5Ru+2. The van der Waals surface area contributed by atoms with Gasteiger partial charge >= 0.3 is 19.5 Å². The van der Waals surface area contributed by atoms with Crippen molar-refractivity contribution >= 4 is 22.3 Å². The Hall–Kier alpha value is -2.33. The minimum absolute atomic E-state index is 0. The summed E-state index contributed by atoms with van der Waals surface area (Å²) in [4.78, 5) is 39.5. The van der Waals surface area contributed by atoms with E-state index in [1.807, 2.05) is 30.6 Å². The van der Waals surface area contributed by atoms with Crippen LogP contribution in [0.25, 0.3) is 10.8 Å². The molecule has 0 atom stereocenters. The molecule has 0 saturated carbocycles. The third-order valence-electron chi connectivity index (χ3n) is 4.64. The number of aromatic nitrogens is 1. The van der Waals surface area contributed by atoms with Gasteiger partial charge in [0.05, 0.1) is 11.5 Å². The van der Waals surface area contributed by atoms with E-state index in [0.717, 1.165) is 0 Å². The molecule has 0 amide bonds. The average molecular weight is 564 g/mol. The predicted octanol–water partition coefficient (Wildman–Crippen LogP) is 2.34. The number of benzene rings is 1. The molecule has 0 spiro atoms. The zero-order valence-electron chi connectivity index (χ0n) is 20.6. The molecule has 0 bridgehead atoms. The van der Waals surface area contributed by atoms with Gasteiger partial charge in [-0.05, 0) is 51.8 Å². The van der Waals surface area contributed by atoms with Gasteiger partial charge in [0, 0.05) is 51.7 Å². The molecule has 3 rings (SSSR count). The summed E-state index contributed by atoms with van der Waals surface area (Å²) in [5.41, 5.74) is 0. The molecule has 34 heavy (non-hydrogen) atoms. The second kappa shape index (κ2) is 20.1. The van der Waals surface area contributed by atoms with Gasteiger partial charge in [-0.3, -0.25) is 14.6 Å². The zero-order chi connectivity index (χ0) is 25.2. The van der Waals surface area contributed by atoms with Crippen LogP contribution in [0.15, 0.2) is 42.7 Å². The number of hydrogen-bond acceptors (Lipinski definition) is 9. The van der Waals surface area contributed by atoms with Crippen LogP contribution < -0.4 is 0 Å². The van der Waals surface area contributed by atoms with Crippen molar-refractivity contribution in [3.8, 4) is 0 Å². The van der Waals surface area contributed by atoms with Gasteiger partial charge in [0.1, 0.15) is 11.6 Å². The minimum Gasteiger partial charge on any atom is -0.356 e. The van der Waals surface area contributed by atoms with Crippen molar-refractivity contribution in [2.45, 2.75) is 20.3 Å². The molecule has 10 nitrogen and oxygen atoms in total. The fourth-order valence-corrected chi connectivity index (χ4v) is 2.74. The number of pyridine rings is 1. The van der Waals surface area contributed by atoms with E-state index in [4.69, 9.17) is 15.3 Å². The van der Waals surface area contributed by atoms with Crippen molar-refractivity contribution in [3.63, 3.8) is 0 Å². The molecule has 1 aromatic carbocycles. The van der Waals surface area contributed by atoms with E-state index in [0.29, 0.717) is 0 Å². The first-order chi connectivity index (χ1) is 15.5. The quantitative estimate of drug-likeness (QED) is 0.234. The standard InChI is InChI=1S/C9H21N3.C9H7N.C5H8O2.NO3.Ru/c1-10-4-6-11(2)8-9-12(3)7-5-10;1-2-4-9-7-10-6-5-8(9)3-1;1-4(6)3-5(2)7;2-1(3)4;/h4-9H2,1-3H3;1-7H;3H2,1-2H3;;/q;;;-1;+3. The van der Waals surface area contributed by atoms with Gasteiger partial charge in [0.2, 0.25) is 0 Å². The van der Waals surface area contributed by atoms with Gasteiger partial charge in [-0.15, -0.1) is 0 Å². The molecule has 0 N–H and O–H groups in total. The van der Waals surface area contributed by atoms with Crippen LogP contribution in [-0.2, 0) is 29.1 Å². The van der Waals surface area contributed by atoms with Gasteiger partial charge in [0.15, 0.2) is 0 Å². The van der Waals surface area contributed by atoms with E-state index in [1.165, 1.54) is 63.9 Å². The maximum atomic E-state index is 10.0. The van der Waals surface area contributed by atoms with Crippen molar-refractivity contribution in [1.82, 2.24) is 19.7 Å². The number of rotatable bonds is 2. The molecule has 1 fully saturated rings. The summed E-state index contributed by atoms with van der Waals surface area (Å²) >= 11 is 0. The number of nitrogens with zero attached hydrogens (tertiary/aromatic N) is 5. The second-order valence-electron chi connectivity index (χ2n) is 7.94. The number of hydrogen-bond donors (Lipinski definition) is 0. The predicted molar refractivity (Wildman–Crippen MR) is 131 cm³/mol. The van der Waals surface area contributed by atoms with E-state index >= 15 is 0 Å². The maximum absolute atomic E-state index is 10.0. The van der Waals surface area contributed by atoms with Crippen LogP contribution in [0.5, 0.6) is 0 Å². The number of carbonyl (C=O) groups is 2. The van der Waals surface area contributed by atoms with Crippen LogP contribution in [0.2, 0.25) is 0 Å². The van der Waals surface area contributed by atoms with Crippen LogP contribution in [0, 0.1) is 15.3 Å². The third-order valence-corrected chi connectivity index (χ3v) is 4.64. The Morgan fingerprint density at radius 2 is 1.18 bits per heavy atom. The molecule has 1 radical (unpaired) electrons. The normalized spacial score (nSPS) is 14.6. The number of fused-ring (bicyclic) bond motifs is 1. The van der Waals surface area contributed by atoms with E-state index in [1.54, 1.807) is 0 Å².